The summed E-state index contributed by atoms with van der Waals surface area (Å²) >= 11 is 0. The summed E-state index contributed by atoms with van der Waals surface area (Å²) in [6, 6.07) is 3.65. The van der Waals surface area contributed by atoms with Crippen LogP contribution in [0.4, 0.5) is 5.69 Å². The first-order valence-corrected chi connectivity index (χ1v) is 5.59. The lowest BCUT2D eigenvalue weighted by Crippen LogP contribution is -2.23. The Morgan fingerprint density at radius 1 is 1.50 bits per heavy atom. The zero-order valence-corrected chi connectivity index (χ0v) is 10.4. The van der Waals surface area contributed by atoms with Gasteiger partial charge in [0.2, 0.25) is 5.91 Å². The van der Waals surface area contributed by atoms with Gasteiger partial charge in [-0.3, -0.25) is 9.78 Å². The van der Waals surface area contributed by atoms with Crippen LogP contribution < -0.4 is 5.32 Å². The van der Waals surface area contributed by atoms with Crippen molar-refractivity contribution in [3.8, 4) is 0 Å². The zero-order chi connectivity index (χ0) is 12.2. The minimum Gasteiger partial charge on any atom is -0.325 e. The third-order valence-electron chi connectivity index (χ3n) is 2.92. The molecule has 16 heavy (non-hydrogen) atoms. The zero-order valence-electron chi connectivity index (χ0n) is 10.4. The smallest absolute Gasteiger partial charge is 0.224 e. The van der Waals surface area contributed by atoms with Gasteiger partial charge in [0.1, 0.15) is 0 Å². The normalized spacial score (nSPS) is 13.2. The Kier molecular flexibility index (Phi) is 4.05. The lowest BCUT2D eigenvalue weighted by Gasteiger charge is -2.26. The molecule has 0 aliphatic rings. The van der Waals surface area contributed by atoms with Gasteiger partial charge in [0.25, 0.3) is 0 Å². The molecule has 1 rings (SSSR count). The van der Waals surface area contributed by atoms with Crippen LogP contribution in [-0.2, 0) is 4.79 Å². The van der Waals surface area contributed by atoms with Crippen molar-refractivity contribution in [3.05, 3.63) is 24.5 Å². The van der Waals surface area contributed by atoms with Gasteiger partial charge in [-0.15, -0.1) is 0 Å². The van der Waals surface area contributed by atoms with Crippen molar-refractivity contribution in [2.45, 2.75) is 34.1 Å². The second kappa shape index (κ2) is 5.10. The molecule has 3 nitrogen and oxygen atoms in total. The van der Waals surface area contributed by atoms with Gasteiger partial charge >= 0.3 is 0 Å². The van der Waals surface area contributed by atoms with Crippen LogP contribution in [0.3, 0.4) is 0 Å². The molecular weight excluding hydrogens is 200 g/mol. The highest BCUT2D eigenvalue weighted by Crippen LogP contribution is 2.28. The number of pyridine rings is 1. The number of nitrogens with zero attached hydrogens (tertiary/aromatic N) is 1. The molecule has 0 radical (unpaired) electrons. The second-order valence-electron chi connectivity index (χ2n) is 5.26. The third-order valence-corrected chi connectivity index (χ3v) is 2.92. The Morgan fingerprint density at radius 2 is 2.19 bits per heavy atom. The molecule has 3 heteroatoms. The molecule has 0 bridgehead atoms. The van der Waals surface area contributed by atoms with Gasteiger partial charge in [0, 0.05) is 12.6 Å². The number of amides is 1. The Morgan fingerprint density at radius 3 is 2.69 bits per heavy atom. The van der Waals surface area contributed by atoms with E-state index in [0.717, 1.165) is 5.69 Å². The van der Waals surface area contributed by atoms with Crippen molar-refractivity contribution >= 4 is 11.6 Å². The fourth-order valence-corrected chi connectivity index (χ4v) is 1.23. The maximum atomic E-state index is 11.7. The first-order chi connectivity index (χ1) is 7.39. The molecule has 0 saturated carbocycles. The molecule has 1 heterocycles. The molecule has 1 unspecified atom stereocenters. The van der Waals surface area contributed by atoms with Crippen LogP contribution in [0.2, 0.25) is 0 Å². The maximum Gasteiger partial charge on any atom is 0.224 e. The highest BCUT2D eigenvalue weighted by atomic mass is 16.1. The van der Waals surface area contributed by atoms with E-state index in [2.05, 4.69) is 38.0 Å². The van der Waals surface area contributed by atoms with Gasteiger partial charge in [-0.1, -0.05) is 27.7 Å². The van der Waals surface area contributed by atoms with E-state index in [-0.39, 0.29) is 11.3 Å². The molecule has 1 N–H and O–H groups in total. The molecule has 0 spiro atoms. The van der Waals surface area contributed by atoms with E-state index < -0.39 is 0 Å². The molecule has 0 aliphatic heterocycles. The van der Waals surface area contributed by atoms with Gasteiger partial charge in [0.15, 0.2) is 0 Å². The number of hydrogen-bond donors (Lipinski definition) is 1. The quantitative estimate of drug-likeness (QED) is 0.850. The van der Waals surface area contributed by atoms with Crippen LogP contribution >= 0.6 is 0 Å². The summed E-state index contributed by atoms with van der Waals surface area (Å²) in [6.45, 7) is 8.54. The molecule has 0 aromatic carbocycles. The molecule has 1 amide bonds. The minimum atomic E-state index is 0.0513. The molecule has 0 saturated heterocycles. The number of carbonyl (C=O) groups is 1. The van der Waals surface area contributed by atoms with Gasteiger partial charge in [-0.05, 0) is 23.5 Å². The lowest BCUT2D eigenvalue weighted by atomic mass is 9.80. The van der Waals surface area contributed by atoms with Crippen LogP contribution in [0.15, 0.2) is 24.5 Å². The summed E-state index contributed by atoms with van der Waals surface area (Å²) in [4.78, 5) is 15.7. The first-order valence-electron chi connectivity index (χ1n) is 5.59. The summed E-state index contributed by atoms with van der Waals surface area (Å²) in [7, 11) is 0. The Labute approximate surface area is 97.3 Å². The van der Waals surface area contributed by atoms with Crippen LogP contribution in [0.5, 0.6) is 0 Å². The van der Waals surface area contributed by atoms with Crippen molar-refractivity contribution in [2.75, 3.05) is 5.32 Å². The number of rotatable bonds is 3. The van der Waals surface area contributed by atoms with E-state index in [0.29, 0.717) is 12.3 Å². The molecule has 1 aromatic rings. The predicted octanol–water partition coefficient (Wildman–Crippen LogP) is 3.09. The standard InChI is InChI=1S/C13H20N2O/c1-10(13(2,3)4)8-12(16)15-11-6-5-7-14-9-11/h5-7,9-10H,8H2,1-4H3,(H,15,16). The maximum absolute atomic E-state index is 11.7. The largest absolute Gasteiger partial charge is 0.325 e. The Balaban J connectivity index is 2.49. The summed E-state index contributed by atoms with van der Waals surface area (Å²) < 4.78 is 0. The number of anilines is 1. The van der Waals surface area contributed by atoms with E-state index in [1.54, 1.807) is 12.4 Å². The molecule has 1 aromatic heterocycles. The van der Waals surface area contributed by atoms with Crippen LogP contribution in [0.1, 0.15) is 34.1 Å². The van der Waals surface area contributed by atoms with Gasteiger partial charge in [0.05, 0.1) is 11.9 Å². The molecule has 1 atom stereocenters. The highest BCUT2D eigenvalue weighted by Gasteiger charge is 2.22. The fraction of sp³-hybridized carbons (Fsp3) is 0.538. The SMILES string of the molecule is CC(CC(=O)Nc1cccnc1)C(C)(C)C. The van der Waals surface area contributed by atoms with Gasteiger partial charge in [-0.2, -0.15) is 0 Å². The van der Waals surface area contributed by atoms with E-state index in [1.807, 2.05) is 12.1 Å². The van der Waals surface area contributed by atoms with Crippen LogP contribution in [-0.4, -0.2) is 10.9 Å². The monoisotopic (exact) mass is 220 g/mol. The molecule has 88 valence electrons. The van der Waals surface area contributed by atoms with Gasteiger partial charge < -0.3 is 5.32 Å². The van der Waals surface area contributed by atoms with E-state index >= 15 is 0 Å². The molecular formula is C13H20N2O. The average Bonchev–Trinajstić information content (AvgIpc) is 2.17. The van der Waals surface area contributed by atoms with E-state index in [1.165, 1.54) is 0 Å². The first kappa shape index (κ1) is 12.7. The second-order valence-corrected chi connectivity index (χ2v) is 5.26. The van der Waals surface area contributed by atoms with E-state index in [9.17, 15) is 4.79 Å². The number of carbonyl (C=O) groups excluding carboxylic acids is 1. The number of nitrogens with one attached hydrogen (secondary N) is 1. The molecule has 0 fully saturated rings. The Hall–Kier alpha value is -1.38. The van der Waals surface area contributed by atoms with Crippen molar-refractivity contribution in [2.24, 2.45) is 11.3 Å². The lowest BCUT2D eigenvalue weighted by molar-refractivity contribution is -0.117. The van der Waals surface area contributed by atoms with Crippen LogP contribution in [0, 0.1) is 11.3 Å². The molecule has 0 aliphatic carbocycles. The number of hydrogen-bond acceptors (Lipinski definition) is 2. The summed E-state index contributed by atoms with van der Waals surface area (Å²) in [6.07, 6.45) is 3.88. The summed E-state index contributed by atoms with van der Waals surface area (Å²) in [5, 5.41) is 2.84. The van der Waals surface area contributed by atoms with Crippen molar-refractivity contribution in [3.63, 3.8) is 0 Å². The topological polar surface area (TPSA) is 42.0 Å². The minimum absolute atomic E-state index is 0.0513. The average molecular weight is 220 g/mol. The van der Waals surface area contributed by atoms with E-state index in [4.69, 9.17) is 0 Å². The third kappa shape index (κ3) is 4.01. The predicted molar refractivity (Wildman–Crippen MR) is 66.1 cm³/mol. The van der Waals surface area contributed by atoms with Crippen LogP contribution in [0.25, 0.3) is 0 Å². The van der Waals surface area contributed by atoms with Crippen molar-refractivity contribution < 1.29 is 4.79 Å². The van der Waals surface area contributed by atoms with Crippen molar-refractivity contribution in [1.29, 1.82) is 0 Å². The highest BCUT2D eigenvalue weighted by molar-refractivity contribution is 5.90. The Bertz CT molecular complexity index is 341. The summed E-state index contributed by atoms with van der Waals surface area (Å²) in [5.74, 6) is 0.402. The summed E-state index contributed by atoms with van der Waals surface area (Å²) in [5.41, 5.74) is 0.917. The number of aromatic nitrogens is 1. The van der Waals surface area contributed by atoms with Gasteiger partial charge in [-0.25, -0.2) is 0 Å². The van der Waals surface area contributed by atoms with Crippen molar-refractivity contribution in [1.82, 2.24) is 4.98 Å². The fourth-order valence-electron chi connectivity index (χ4n) is 1.23.